The number of nitrogens with zero attached hydrogens (tertiary/aromatic N) is 4. The van der Waals surface area contributed by atoms with Gasteiger partial charge in [-0.05, 0) is 122 Å². The largest absolute Gasteiger partial charge is 0.344 e. The van der Waals surface area contributed by atoms with Crippen LogP contribution in [0.2, 0.25) is 0 Å². The predicted octanol–water partition coefficient (Wildman–Crippen LogP) is 13.2. The maximum Gasteiger partial charge on any atom is 0.144 e. The van der Waals surface area contributed by atoms with Crippen LogP contribution in [0.1, 0.15) is 22.3 Å². The monoisotopic (exact) mass is 698 g/mol. The van der Waals surface area contributed by atoms with Crippen LogP contribution in [0, 0.1) is 27.7 Å². The normalized spacial score (nSPS) is 11.4. The molecule has 0 aliphatic heterocycles. The first kappa shape index (κ1) is 33.2. The van der Waals surface area contributed by atoms with Gasteiger partial charge in [0.05, 0.1) is 5.69 Å². The van der Waals surface area contributed by atoms with Gasteiger partial charge in [-0.2, -0.15) is 0 Å². The van der Waals surface area contributed by atoms with Gasteiger partial charge in [0, 0.05) is 63.9 Å². The first-order chi connectivity index (χ1) is 26.3. The Morgan fingerprint density at radius 2 is 1.11 bits per heavy atom. The van der Waals surface area contributed by atoms with Crippen LogP contribution in [0.5, 0.6) is 0 Å². The lowest BCUT2D eigenvalue weighted by molar-refractivity contribution is 1.01. The SMILES string of the molecule is Cc1cccc(-c2ccc(N(c3ccccc3)c3cccc(-c4ccc5c6cc(-c7nccn7-c7c(C)cc(C)cc7C)ccc6n(C)c5c4)c3)cc2)c1. The van der Waals surface area contributed by atoms with E-state index in [1.54, 1.807) is 0 Å². The van der Waals surface area contributed by atoms with E-state index >= 15 is 0 Å². The van der Waals surface area contributed by atoms with Crippen molar-refractivity contribution in [2.75, 3.05) is 4.90 Å². The van der Waals surface area contributed by atoms with Crippen molar-refractivity contribution in [1.29, 1.82) is 0 Å². The van der Waals surface area contributed by atoms with E-state index in [9.17, 15) is 0 Å². The molecule has 54 heavy (non-hydrogen) atoms. The topological polar surface area (TPSA) is 26.0 Å². The number of benzene rings is 7. The van der Waals surface area contributed by atoms with Crippen molar-refractivity contribution in [1.82, 2.24) is 14.1 Å². The van der Waals surface area contributed by atoms with Gasteiger partial charge in [-0.1, -0.05) is 102 Å². The molecule has 0 saturated heterocycles. The van der Waals surface area contributed by atoms with Crippen molar-refractivity contribution < 1.29 is 0 Å². The summed E-state index contributed by atoms with van der Waals surface area (Å²) in [5, 5.41) is 2.45. The van der Waals surface area contributed by atoms with E-state index in [0.29, 0.717) is 0 Å². The van der Waals surface area contributed by atoms with Crippen LogP contribution < -0.4 is 4.90 Å². The lowest BCUT2D eigenvalue weighted by Crippen LogP contribution is -2.09. The summed E-state index contributed by atoms with van der Waals surface area (Å²) in [6.07, 6.45) is 3.98. The highest BCUT2D eigenvalue weighted by Gasteiger charge is 2.17. The molecule has 262 valence electrons. The molecule has 0 N–H and O–H groups in total. The Hall–Kier alpha value is -6.65. The number of aryl methyl sites for hydroxylation is 5. The van der Waals surface area contributed by atoms with Crippen molar-refractivity contribution >= 4 is 38.9 Å². The van der Waals surface area contributed by atoms with Crippen LogP contribution in [-0.4, -0.2) is 14.1 Å². The molecule has 7 aromatic carbocycles. The molecule has 0 amide bonds. The number of hydrogen-bond donors (Lipinski definition) is 0. The molecular formula is C50H42N4. The van der Waals surface area contributed by atoms with Crippen LogP contribution in [0.15, 0.2) is 164 Å². The zero-order chi connectivity index (χ0) is 36.9. The molecule has 0 atom stereocenters. The second-order valence-corrected chi connectivity index (χ2v) is 14.5. The molecule has 0 aliphatic rings. The highest BCUT2D eigenvalue weighted by atomic mass is 15.1. The van der Waals surface area contributed by atoms with Crippen molar-refractivity contribution in [3.8, 4) is 39.3 Å². The summed E-state index contributed by atoms with van der Waals surface area (Å²) in [7, 11) is 2.17. The molecule has 0 bridgehead atoms. The standard InChI is InChI=1S/C50H42N4/c1-33-11-9-12-38(29-33)37-17-21-43(22-18-37)54(42-14-7-6-8-15-42)44-16-10-13-39(30-44)40-19-23-45-46-31-41(20-24-47(46)52(5)48(45)32-40)50-51-25-26-53(50)49-35(3)27-34(2)28-36(49)4/h6-32H,1-5H3. The molecule has 2 aromatic heterocycles. The van der Waals surface area contributed by atoms with E-state index in [4.69, 9.17) is 4.98 Å². The minimum atomic E-state index is 0.949. The molecule has 0 fully saturated rings. The lowest BCUT2D eigenvalue weighted by Gasteiger charge is -2.26. The number of anilines is 3. The molecule has 4 nitrogen and oxygen atoms in total. The van der Waals surface area contributed by atoms with Gasteiger partial charge in [-0.15, -0.1) is 0 Å². The Morgan fingerprint density at radius 1 is 0.463 bits per heavy atom. The fourth-order valence-corrected chi connectivity index (χ4v) is 8.26. The highest BCUT2D eigenvalue weighted by Crippen LogP contribution is 2.39. The van der Waals surface area contributed by atoms with Crippen LogP contribution in [0.4, 0.5) is 17.1 Å². The van der Waals surface area contributed by atoms with Crippen LogP contribution in [-0.2, 0) is 7.05 Å². The fourth-order valence-electron chi connectivity index (χ4n) is 8.26. The Kier molecular flexibility index (Phi) is 8.24. The molecule has 2 heterocycles. The van der Waals surface area contributed by atoms with Gasteiger partial charge in [0.15, 0.2) is 0 Å². The summed E-state index contributed by atoms with van der Waals surface area (Å²) in [5.41, 5.74) is 17.9. The molecule has 9 rings (SSSR count). The number of aromatic nitrogens is 3. The number of para-hydroxylation sites is 1. The van der Waals surface area contributed by atoms with E-state index in [1.165, 1.54) is 72.0 Å². The van der Waals surface area contributed by atoms with E-state index in [2.05, 4.69) is 207 Å². The highest BCUT2D eigenvalue weighted by molar-refractivity contribution is 6.10. The molecule has 0 spiro atoms. The minimum Gasteiger partial charge on any atom is -0.344 e. The Morgan fingerprint density at radius 3 is 1.87 bits per heavy atom. The Balaban J connectivity index is 1.09. The van der Waals surface area contributed by atoms with E-state index in [1.807, 2.05) is 6.20 Å². The fraction of sp³-hybridized carbons (Fsp3) is 0.100. The zero-order valence-electron chi connectivity index (χ0n) is 31.4. The van der Waals surface area contributed by atoms with Gasteiger partial charge in [0.2, 0.25) is 0 Å². The number of imidazole rings is 1. The van der Waals surface area contributed by atoms with Gasteiger partial charge < -0.3 is 9.47 Å². The third-order valence-electron chi connectivity index (χ3n) is 10.7. The third kappa shape index (κ3) is 5.86. The first-order valence-corrected chi connectivity index (χ1v) is 18.6. The maximum atomic E-state index is 4.85. The molecular weight excluding hydrogens is 657 g/mol. The van der Waals surface area contributed by atoms with E-state index < -0.39 is 0 Å². The molecule has 0 saturated carbocycles. The maximum absolute atomic E-state index is 4.85. The first-order valence-electron chi connectivity index (χ1n) is 18.6. The number of rotatable bonds is 7. The average molecular weight is 699 g/mol. The van der Waals surface area contributed by atoms with Crippen molar-refractivity contribution in [2.24, 2.45) is 7.05 Å². The van der Waals surface area contributed by atoms with Gasteiger partial charge >= 0.3 is 0 Å². The van der Waals surface area contributed by atoms with Gasteiger partial charge in [-0.3, -0.25) is 4.57 Å². The van der Waals surface area contributed by atoms with Crippen LogP contribution in [0.3, 0.4) is 0 Å². The summed E-state index contributed by atoms with van der Waals surface area (Å²) < 4.78 is 4.55. The van der Waals surface area contributed by atoms with Crippen molar-refractivity contribution in [3.63, 3.8) is 0 Å². The van der Waals surface area contributed by atoms with Gasteiger partial charge in [0.25, 0.3) is 0 Å². The second kappa shape index (κ2) is 13.4. The molecule has 4 heteroatoms. The van der Waals surface area contributed by atoms with Crippen molar-refractivity contribution in [2.45, 2.75) is 27.7 Å². The smallest absolute Gasteiger partial charge is 0.144 e. The van der Waals surface area contributed by atoms with E-state index in [-0.39, 0.29) is 0 Å². The summed E-state index contributed by atoms with van der Waals surface area (Å²) in [6, 6.07) is 55.2. The quantitative estimate of drug-likeness (QED) is 0.166. The van der Waals surface area contributed by atoms with Gasteiger partial charge in [-0.25, -0.2) is 4.98 Å². The summed E-state index contributed by atoms with van der Waals surface area (Å²) in [4.78, 5) is 7.19. The predicted molar refractivity (Wildman–Crippen MR) is 227 cm³/mol. The molecule has 0 radical (unpaired) electrons. The molecule has 0 unspecified atom stereocenters. The molecule has 9 aromatic rings. The summed E-state index contributed by atoms with van der Waals surface area (Å²) >= 11 is 0. The minimum absolute atomic E-state index is 0.949. The van der Waals surface area contributed by atoms with Gasteiger partial charge in [0.1, 0.15) is 5.82 Å². The zero-order valence-corrected chi connectivity index (χ0v) is 31.4. The summed E-state index contributed by atoms with van der Waals surface area (Å²) in [5.74, 6) is 0.949. The third-order valence-corrected chi connectivity index (χ3v) is 10.7. The Bertz CT molecular complexity index is 2800. The molecule has 0 aliphatic carbocycles. The lowest BCUT2D eigenvalue weighted by atomic mass is 10.0. The van der Waals surface area contributed by atoms with Crippen LogP contribution >= 0.6 is 0 Å². The number of hydrogen-bond acceptors (Lipinski definition) is 2. The van der Waals surface area contributed by atoms with Crippen LogP contribution in [0.25, 0.3) is 61.1 Å². The second-order valence-electron chi connectivity index (χ2n) is 14.5. The Labute approximate surface area is 317 Å². The summed E-state index contributed by atoms with van der Waals surface area (Å²) in [6.45, 7) is 8.66. The van der Waals surface area contributed by atoms with Crippen molar-refractivity contribution in [3.05, 3.63) is 186 Å². The average Bonchev–Trinajstić information content (AvgIpc) is 3.77. The van der Waals surface area contributed by atoms with E-state index in [0.717, 1.165) is 28.5 Å². The number of fused-ring (bicyclic) bond motifs is 3.